The van der Waals surface area contributed by atoms with E-state index >= 15 is 0 Å². The number of aromatic nitrogens is 1. The molecule has 0 fully saturated rings. The van der Waals surface area contributed by atoms with E-state index in [1.807, 2.05) is 37.3 Å². The summed E-state index contributed by atoms with van der Waals surface area (Å²) in [6.07, 6.45) is 1.41. The van der Waals surface area contributed by atoms with Gasteiger partial charge in [0.1, 0.15) is 11.9 Å². The molecule has 1 atom stereocenters. The summed E-state index contributed by atoms with van der Waals surface area (Å²) in [6, 6.07) is 13.1. The van der Waals surface area contributed by atoms with Crippen LogP contribution in [0.3, 0.4) is 0 Å². The minimum Gasteiger partial charge on any atom is -0.372 e. The average molecular weight is 243 g/mol. The van der Waals surface area contributed by atoms with Gasteiger partial charge < -0.3 is 15.4 Å². The smallest absolute Gasteiger partial charge is 0.372 e. The minimum atomic E-state index is -0.486. The molecule has 18 heavy (non-hydrogen) atoms. The van der Waals surface area contributed by atoms with Crippen molar-refractivity contribution < 1.29 is 4.92 Å². The topological polar surface area (TPSA) is 68.1 Å². The second-order valence-electron chi connectivity index (χ2n) is 3.91. The van der Waals surface area contributed by atoms with Crippen LogP contribution in [0.5, 0.6) is 0 Å². The summed E-state index contributed by atoms with van der Waals surface area (Å²) in [7, 11) is 0. The monoisotopic (exact) mass is 243 g/mol. The number of benzene rings is 1. The molecular weight excluding hydrogens is 230 g/mol. The van der Waals surface area contributed by atoms with Crippen LogP contribution in [-0.4, -0.2) is 9.91 Å². The lowest BCUT2D eigenvalue weighted by Gasteiger charge is -2.15. The van der Waals surface area contributed by atoms with Gasteiger partial charge in [-0.2, -0.15) is 0 Å². The van der Waals surface area contributed by atoms with E-state index in [4.69, 9.17) is 0 Å². The van der Waals surface area contributed by atoms with Gasteiger partial charge in [-0.25, -0.2) is 0 Å². The Kier molecular flexibility index (Phi) is 3.52. The molecule has 2 rings (SSSR count). The van der Waals surface area contributed by atoms with Crippen LogP contribution in [0.1, 0.15) is 18.5 Å². The molecule has 0 bridgehead atoms. The van der Waals surface area contributed by atoms with E-state index in [-0.39, 0.29) is 11.9 Å². The molecule has 0 amide bonds. The van der Waals surface area contributed by atoms with Gasteiger partial charge in [0, 0.05) is 6.04 Å². The van der Waals surface area contributed by atoms with Gasteiger partial charge >= 0.3 is 5.82 Å². The molecule has 0 spiro atoms. The molecule has 5 nitrogen and oxygen atoms in total. The van der Waals surface area contributed by atoms with E-state index in [0.29, 0.717) is 5.69 Å². The second-order valence-corrected chi connectivity index (χ2v) is 3.91. The zero-order valence-corrected chi connectivity index (χ0v) is 9.91. The summed E-state index contributed by atoms with van der Waals surface area (Å²) < 4.78 is 0. The van der Waals surface area contributed by atoms with Gasteiger partial charge in [0.15, 0.2) is 0 Å². The fourth-order valence-corrected chi connectivity index (χ4v) is 1.71. The highest BCUT2D eigenvalue weighted by Crippen LogP contribution is 2.25. The molecule has 0 radical (unpaired) electrons. The maximum absolute atomic E-state index is 10.8. The summed E-state index contributed by atoms with van der Waals surface area (Å²) in [5.41, 5.74) is 1.49. The third-order valence-corrected chi connectivity index (χ3v) is 2.63. The standard InChI is InChI=1S/C13H13N3O2/c1-10(11-6-3-2-4-7-11)15-12-8-5-9-14-13(12)16(17)18/h2-10,15H,1H3. The first-order chi connectivity index (χ1) is 8.68. The van der Waals surface area contributed by atoms with E-state index in [1.165, 1.54) is 6.20 Å². The maximum Gasteiger partial charge on any atom is 0.386 e. The molecule has 0 aliphatic rings. The van der Waals surface area contributed by atoms with Crippen molar-refractivity contribution in [3.8, 4) is 0 Å². The van der Waals surface area contributed by atoms with E-state index in [0.717, 1.165) is 5.56 Å². The van der Waals surface area contributed by atoms with Gasteiger partial charge in [-0.15, -0.1) is 0 Å². The van der Waals surface area contributed by atoms with Crippen LogP contribution < -0.4 is 5.32 Å². The Morgan fingerprint density at radius 2 is 1.94 bits per heavy atom. The zero-order valence-electron chi connectivity index (χ0n) is 9.91. The van der Waals surface area contributed by atoms with Crippen molar-refractivity contribution in [2.45, 2.75) is 13.0 Å². The van der Waals surface area contributed by atoms with E-state index in [9.17, 15) is 10.1 Å². The van der Waals surface area contributed by atoms with Crippen LogP contribution in [0.4, 0.5) is 11.5 Å². The molecule has 0 aliphatic heterocycles. The summed E-state index contributed by atoms with van der Waals surface area (Å²) in [5.74, 6) is -0.153. The Morgan fingerprint density at radius 3 is 2.61 bits per heavy atom. The normalized spacial score (nSPS) is 11.8. The van der Waals surface area contributed by atoms with Crippen molar-refractivity contribution in [3.05, 3.63) is 64.3 Å². The Balaban J connectivity index is 2.22. The predicted molar refractivity (Wildman–Crippen MR) is 69.4 cm³/mol. The molecule has 1 unspecified atom stereocenters. The highest BCUT2D eigenvalue weighted by atomic mass is 16.6. The third kappa shape index (κ3) is 2.63. The predicted octanol–water partition coefficient (Wildman–Crippen LogP) is 3.16. The van der Waals surface area contributed by atoms with Gasteiger partial charge in [-0.05, 0) is 34.5 Å². The van der Waals surface area contributed by atoms with Gasteiger partial charge in [0.05, 0.1) is 0 Å². The first-order valence-electron chi connectivity index (χ1n) is 5.59. The van der Waals surface area contributed by atoms with Crippen molar-refractivity contribution in [1.29, 1.82) is 0 Å². The van der Waals surface area contributed by atoms with Gasteiger partial charge in [-0.3, -0.25) is 0 Å². The van der Waals surface area contributed by atoms with Crippen molar-refractivity contribution >= 4 is 11.5 Å². The van der Waals surface area contributed by atoms with Crippen LogP contribution in [0.25, 0.3) is 0 Å². The molecule has 1 N–H and O–H groups in total. The maximum atomic E-state index is 10.8. The number of pyridine rings is 1. The van der Waals surface area contributed by atoms with E-state index in [2.05, 4.69) is 10.3 Å². The lowest BCUT2D eigenvalue weighted by molar-refractivity contribution is -0.388. The highest BCUT2D eigenvalue weighted by Gasteiger charge is 2.16. The molecular formula is C13H13N3O2. The SMILES string of the molecule is CC(Nc1cccnc1[N+](=O)[O-])c1ccccc1. The number of nitro groups is 1. The number of nitrogens with one attached hydrogen (secondary N) is 1. The van der Waals surface area contributed by atoms with Crippen LogP contribution in [0.15, 0.2) is 48.7 Å². The number of rotatable bonds is 4. The van der Waals surface area contributed by atoms with E-state index < -0.39 is 4.92 Å². The molecule has 5 heteroatoms. The molecule has 0 saturated carbocycles. The third-order valence-electron chi connectivity index (χ3n) is 2.63. The van der Waals surface area contributed by atoms with Crippen LogP contribution in [-0.2, 0) is 0 Å². The fourth-order valence-electron chi connectivity index (χ4n) is 1.71. The van der Waals surface area contributed by atoms with Crippen LogP contribution >= 0.6 is 0 Å². The summed E-state index contributed by atoms with van der Waals surface area (Å²) in [5, 5.41) is 13.9. The number of anilines is 1. The molecule has 1 aromatic carbocycles. The van der Waals surface area contributed by atoms with Crippen molar-refractivity contribution in [1.82, 2.24) is 4.98 Å². The molecule has 92 valence electrons. The quantitative estimate of drug-likeness (QED) is 0.661. The summed E-state index contributed by atoms with van der Waals surface area (Å²) in [6.45, 7) is 1.95. The van der Waals surface area contributed by atoms with Crippen LogP contribution in [0.2, 0.25) is 0 Å². The summed E-state index contributed by atoms with van der Waals surface area (Å²) in [4.78, 5) is 14.1. The lowest BCUT2D eigenvalue weighted by atomic mass is 10.1. The van der Waals surface area contributed by atoms with E-state index in [1.54, 1.807) is 12.1 Å². The zero-order chi connectivity index (χ0) is 13.0. The van der Waals surface area contributed by atoms with Crippen molar-refractivity contribution in [2.24, 2.45) is 0 Å². The minimum absolute atomic E-state index is 0.0194. The Hall–Kier alpha value is -2.43. The molecule has 0 aliphatic carbocycles. The van der Waals surface area contributed by atoms with Crippen LogP contribution in [0, 0.1) is 10.1 Å². The average Bonchev–Trinajstić information content (AvgIpc) is 2.40. The lowest BCUT2D eigenvalue weighted by Crippen LogP contribution is -2.08. The number of hydrogen-bond donors (Lipinski definition) is 1. The Labute approximate surface area is 105 Å². The summed E-state index contributed by atoms with van der Waals surface area (Å²) >= 11 is 0. The molecule has 2 aromatic rings. The molecule has 1 aromatic heterocycles. The molecule has 1 heterocycles. The van der Waals surface area contributed by atoms with Crippen molar-refractivity contribution in [3.63, 3.8) is 0 Å². The van der Waals surface area contributed by atoms with Gasteiger partial charge in [-0.1, -0.05) is 30.3 Å². The largest absolute Gasteiger partial charge is 0.386 e. The fraction of sp³-hybridized carbons (Fsp3) is 0.154. The number of hydrogen-bond acceptors (Lipinski definition) is 4. The van der Waals surface area contributed by atoms with Gasteiger partial charge in [0.25, 0.3) is 0 Å². The van der Waals surface area contributed by atoms with Gasteiger partial charge in [0.2, 0.25) is 0 Å². The Morgan fingerprint density at radius 1 is 1.22 bits per heavy atom. The Bertz CT molecular complexity index is 543. The first-order valence-corrected chi connectivity index (χ1v) is 5.59. The van der Waals surface area contributed by atoms with Crippen molar-refractivity contribution in [2.75, 3.05) is 5.32 Å². The highest BCUT2D eigenvalue weighted by molar-refractivity contribution is 5.57. The number of nitrogens with zero attached hydrogens (tertiary/aromatic N) is 2. The second kappa shape index (κ2) is 5.27. The molecule has 0 saturated heterocycles. The first kappa shape index (κ1) is 12.0.